The van der Waals surface area contributed by atoms with E-state index < -0.39 is 35.8 Å². The number of hydrogen-bond donors (Lipinski definition) is 3. The van der Waals surface area contributed by atoms with E-state index in [2.05, 4.69) is 20.9 Å². The maximum absolute atomic E-state index is 12.7. The molecular weight excluding hydrogens is 853 g/mol. The van der Waals surface area contributed by atoms with Crippen molar-refractivity contribution in [3.63, 3.8) is 0 Å². The summed E-state index contributed by atoms with van der Waals surface area (Å²) < 4.78 is 27.1. The fraction of sp³-hybridized carbons (Fsp3) is 0.132. The van der Waals surface area contributed by atoms with Crippen molar-refractivity contribution in [2.24, 2.45) is 0 Å². The van der Waals surface area contributed by atoms with Gasteiger partial charge in [0.05, 0.1) is 7.11 Å². The van der Waals surface area contributed by atoms with Gasteiger partial charge in [-0.25, -0.2) is 9.59 Å². The van der Waals surface area contributed by atoms with E-state index in [0.29, 0.717) is 48.2 Å². The topological polar surface area (TPSA) is 192 Å². The molecule has 14 heteroatoms. The van der Waals surface area contributed by atoms with Gasteiger partial charge in [-0.15, -0.1) is 0 Å². The summed E-state index contributed by atoms with van der Waals surface area (Å²) in [6.07, 6.45) is 0.464. The van der Waals surface area contributed by atoms with Crippen molar-refractivity contribution in [1.82, 2.24) is 20.9 Å². The number of benzene rings is 6. The fourth-order valence-corrected chi connectivity index (χ4v) is 6.65. The zero-order valence-corrected chi connectivity index (χ0v) is 36.3. The van der Waals surface area contributed by atoms with Crippen molar-refractivity contribution < 1.29 is 47.5 Å². The lowest BCUT2D eigenvalue weighted by Crippen LogP contribution is -2.43. The molecule has 2 aromatic heterocycles. The molecule has 0 aliphatic heterocycles. The van der Waals surface area contributed by atoms with Gasteiger partial charge in [-0.2, -0.15) is 0 Å². The van der Waals surface area contributed by atoms with E-state index >= 15 is 0 Å². The number of nitrogens with zero attached hydrogens (tertiary/aromatic N) is 2. The van der Waals surface area contributed by atoms with Crippen molar-refractivity contribution in [3.05, 3.63) is 216 Å². The first kappa shape index (κ1) is 46.2. The standard InChI is InChI=1S/C27H24N2O5.C26H22N2O5/c1-32-27(31)24(16-19-8-4-2-5-9-19)28-26(30)23-17-25(34-29-23)21-12-14-22(15-13-21)33-18-20-10-6-3-7-11-20;29-25(27-23(26(30)31)15-18-7-3-1-4-8-18)22-16-24(33-28-22)20-11-13-21(14-12-20)32-17-19-9-5-2-6-10-19/h2-15,17,24H,16,18H2,1H3,(H,28,30);1-14,16,23H,15,17H2,(H,27,29)(H,30,31). The van der Waals surface area contributed by atoms with E-state index in [-0.39, 0.29) is 17.8 Å². The van der Waals surface area contributed by atoms with Crippen LogP contribution in [0.1, 0.15) is 43.2 Å². The van der Waals surface area contributed by atoms with E-state index in [4.69, 9.17) is 23.3 Å². The molecule has 2 heterocycles. The van der Waals surface area contributed by atoms with Gasteiger partial charge in [-0.3, -0.25) is 9.59 Å². The van der Waals surface area contributed by atoms with Gasteiger partial charge < -0.3 is 39.0 Å². The van der Waals surface area contributed by atoms with Crippen LogP contribution in [0, 0.1) is 0 Å². The van der Waals surface area contributed by atoms with Crippen LogP contribution in [0.4, 0.5) is 0 Å². The molecule has 2 unspecified atom stereocenters. The van der Waals surface area contributed by atoms with Gasteiger partial charge in [0.2, 0.25) is 0 Å². The Hall–Kier alpha value is -8.78. The SMILES string of the molecule is COC(=O)C(Cc1ccccc1)NC(=O)c1cc(-c2ccc(OCc3ccccc3)cc2)on1.O=C(NC(Cc1ccccc1)C(=O)O)c1cc(-c2ccc(OCc3ccccc3)cc2)on1. The Kier molecular flexibility index (Phi) is 16.0. The monoisotopic (exact) mass is 898 g/mol. The number of carbonyl (C=O) groups is 4. The number of carboxylic acid groups (broad SMARTS) is 1. The van der Waals surface area contributed by atoms with Crippen molar-refractivity contribution in [2.45, 2.75) is 38.1 Å². The van der Waals surface area contributed by atoms with E-state index in [1.165, 1.54) is 19.2 Å². The lowest BCUT2D eigenvalue weighted by atomic mass is 10.1. The second-order valence-corrected chi connectivity index (χ2v) is 15.0. The molecule has 0 fully saturated rings. The lowest BCUT2D eigenvalue weighted by molar-refractivity contribution is -0.143. The van der Waals surface area contributed by atoms with Gasteiger partial charge in [-0.1, -0.05) is 132 Å². The predicted molar refractivity (Wildman–Crippen MR) is 248 cm³/mol. The highest BCUT2D eigenvalue weighted by molar-refractivity contribution is 5.96. The largest absolute Gasteiger partial charge is 0.489 e. The molecule has 0 bridgehead atoms. The summed E-state index contributed by atoms with van der Waals surface area (Å²) in [6.45, 7) is 0.928. The van der Waals surface area contributed by atoms with Gasteiger partial charge >= 0.3 is 11.9 Å². The minimum Gasteiger partial charge on any atom is -0.489 e. The van der Waals surface area contributed by atoms with Gasteiger partial charge in [-0.05, 0) is 70.8 Å². The summed E-state index contributed by atoms with van der Waals surface area (Å²) in [5.41, 5.74) is 5.39. The molecule has 3 N–H and O–H groups in total. The number of amides is 2. The quantitative estimate of drug-likeness (QED) is 0.0695. The summed E-state index contributed by atoms with van der Waals surface area (Å²) in [7, 11) is 1.29. The minimum atomic E-state index is -1.12. The zero-order chi connectivity index (χ0) is 46.8. The summed E-state index contributed by atoms with van der Waals surface area (Å²) in [5, 5.41) is 22.3. The first-order valence-corrected chi connectivity index (χ1v) is 21.2. The molecule has 6 aromatic carbocycles. The van der Waals surface area contributed by atoms with Gasteiger partial charge in [0, 0.05) is 36.1 Å². The van der Waals surface area contributed by atoms with Crippen LogP contribution in [0.3, 0.4) is 0 Å². The van der Waals surface area contributed by atoms with Gasteiger partial charge in [0.15, 0.2) is 22.9 Å². The molecular formula is C53H46N4O10. The van der Waals surface area contributed by atoms with Crippen molar-refractivity contribution in [3.8, 4) is 34.1 Å². The summed E-state index contributed by atoms with van der Waals surface area (Å²) in [6, 6.07) is 53.8. The van der Waals surface area contributed by atoms with Crippen LogP contribution in [-0.2, 0) is 40.4 Å². The summed E-state index contributed by atoms with van der Waals surface area (Å²) in [5.74, 6) is -0.561. The minimum absolute atomic E-state index is 0.00807. The number of carbonyl (C=O) groups excluding carboxylic acids is 3. The summed E-state index contributed by atoms with van der Waals surface area (Å²) >= 11 is 0. The molecule has 14 nitrogen and oxygen atoms in total. The van der Waals surface area contributed by atoms with Gasteiger partial charge in [0.1, 0.15) is 36.8 Å². The van der Waals surface area contributed by atoms with Gasteiger partial charge in [0.25, 0.3) is 11.8 Å². The third kappa shape index (κ3) is 13.6. The first-order valence-electron chi connectivity index (χ1n) is 21.2. The molecule has 2 atom stereocenters. The Morgan fingerprint density at radius 1 is 0.507 bits per heavy atom. The molecule has 8 aromatic rings. The van der Waals surface area contributed by atoms with Crippen LogP contribution < -0.4 is 20.1 Å². The Bertz CT molecular complexity index is 2820. The second-order valence-electron chi connectivity index (χ2n) is 15.0. The first-order chi connectivity index (χ1) is 32.7. The number of esters is 1. The molecule has 0 aliphatic carbocycles. The normalized spacial score (nSPS) is 11.5. The van der Waals surface area contributed by atoms with E-state index in [1.807, 2.05) is 146 Å². The van der Waals surface area contributed by atoms with Crippen LogP contribution in [0.2, 0.25) is 0 Å². The number of carboxylic acids is 1. The second kappa shape index (κ2) is 23.2. The lowest BCUT2D eigenvalue weighted by Gasteiger charge is -2.15. The number of nitrogens with one attached hydrogen (secondary N) is 2. The smallest absolute Gasteiger partial charge is 0.328 e. The predicted octanol–water partition coefficient (Wildman–Crippen LogP) is 8.78. The number of aliphatic carboxylic acids is 1. The Morgan fingerprint density at radius 3 is 1.24 bits per heavy atom. The Balaban J connectivity index is 0.000000199. The molecule has 67 heavy (non-hydrogen) atoms. The van der Waals surface area contributed by atoms with Crippen molar-refractivity contribution in [2.75, 3.05) is 7.11 Å². The molecule has 0 aliphatic rings. The fourth-order valence-electron chi connectivity index (χ4n) is 6.65. The van der Waals surface area contributed by atoms with Crippen LogP contribution in [0.5, 0.6) is 11.5 Å². The molecule has 2 amide bonds. The van der Waals surface area contributed by atoms with E-state index in [1.54, 1.807) is 24.3 Å². The molecule has 0 saturated carbocycles. The molecule has 8 rings (SSSR count). The maximum atomic E-state index is 12.7. The number of aromatic nitrogens is 2. The maximum Gasteiger partial charge on any atom is 0.328 e. The average Bonchev–Trinajstić information content (AvgIpc) is 4.09. The third-order valence-electron chi connectivity index (χ3n) is 10.2. The van der Waals surface area contributed by atoms with Crippen LogP contribution in [0.25, 0.3) is 22.6 Å². The molecule has 0 radical (unpaired) electrons. The van der Waals surface area contributed by atoms with Crippen LogP contribution in [0.15, 0.2) is 191 Å². The third-order valence-corrected chi connectivity index (χ3v) is 10.2. The number of ether oxygens (including phenoxy) is 3. The van der Waals surface area contributed by atoms with Crippen molar-refractivity contribution >= 4 is 23.8 Å². The molecule has 0 spiro atoms. The number of hydrogen-bond acceptors (Lipinski definition) is 11. The highest BCUT2D eigenvalue weighted by Crippen LogP contribution is 2.25. The molecule has 338 valence electrons. The number of methoxy groups -OCH3 is 1. The molecule has 0 saturated heterocycles. The average molecular weight is 899 g/mol. The van der Waals surface area contributed by atoms with Crippen LogP contribution in [-0.4, -0.2) is 58.4 Å². The van der Waals surface area contributed by atoms with E-state index in [9.17, 15) is 24.3 Å². The summed E-state index contributed by atoms with van der Waals surface area (Å²) in [4.78, 5) is 49.1. The highest BCUT2D eigenvalue weighted by atomic mass is 16.5. The number of rotatable bonds is 18. The Morgan fingerprint density at radius 2 is 0.866 bits per heavy atom. The Labute approximate surface area is 386 Å². The zero-order valence-electron chi connectivity index (χ0n) is 36.3. The van der Waals surface area contributed by atoms with E-state index in [0.717, 1.165) is 27.8 Å². The van der Waals surface area contributed by atoms with Crippen LogP contribution >= 0.6 is 0 Å². The van der Waals surface area contributed by atoms with Crippen molar-refractivity contribution in [1.29, 1.82) is 0 Å². The highest BCUT2D eigenvalue weighted by Gasteiger charge is 2.25.